The van der Waals surface area contributed by atoms with Crippen molar-refractivity contribution in [2.45, 2.75) is 19.5 Å². The molecule has 1 nitrogen and oxygen atoms in total. The van der Waals surface area contributed by atoms with Gasteiger partial charge in [-0.15, -0.1) is 11.6 Å². The summed E-state index contributed by atoms with van der Waals surface area (Å²) in [6.07, 6.45) is 0. The molecule has 0 rings (SSSR count). The Morgan fingerprint density at radius 3 is 2.38 bits per heavy atom. The SMILES string of the molecule is CC(CCl)C[Si](C)O. The van der Waals surface area contributed by atoms with E-state index in [1.165, 1.54) is 0 Å². The number of rotatable bonds is 3. The summed E-state index contributed by atoms with van der Waals surface area (Å²) >= 11 is 5.50. The normalized spacial score (nSPS) is 14.6. The van der Waals surface area contributed by atoms with E-state index in [0.717, 1.165) is 6.04 Å². The van der Waals surface area contributed by atoms with Gasteiger partial charge in [0, 0.05) is 5.88 Å². The maximum Gasteiger partial charge on any atom is 0.203 e. The largest absolute Gasteiger partial charge is 0.432 e. The maximum absolute atomic E-state index is 8.90. The number of hydrogen-bond donors (Lipinski definition) is 1. The monoisotopic (exact) mass is 151 g/mol. The van der Waals surface area contributed by atoms with Crippen LogP contribution in [0.15, 0.2) is 0 Å². The molecule has 1 atom stereocenters. The summed E-state index contributed by atoms with van der Waals surface area (Å²) in [6, 6.07) is 0.911. The minimum atomic E-state index is -1.03. The molecule has 0 saturated heterocycles. The molecule has 0 aliphatic rings. The highest BCUT2D eigenvalue weighted by molar-refractivity contribution is 6.48. The molecule has 8 heavy (non-hydrogen) atoms. The quantitative estimate of drug-likeness (QED) is 0.479. The fraction of sp³-hybridized carbons (Fsp3) is 1.00. The predicted molar refractivity (Wildman–Crippen MR) is 38.5 cm³/mol. The Balaban J connectivity index is 3.10. The van der Waals surface area contributed by atoms with E-state index in [1.807, 2.05) is 6.55 Å². The molecular formula is C5H12ClOSi. The Morgan fingerprint density at radius 1 is 1.75 bits per heavy atom. The molecule has 0 heterocycles. The summed E-state index contributed by atoms with van der Waals surface area (Å²) in [5.41, 5.74) is 0. The smallest absolute Gasteiger partial charge is 0.203 e. The van der Waals surface area contributed by atoms with Crippen molar-refractivity contribution in [2.75, 3.05) is 5.88 Å². The Kier molecular flexibility index (Phi) is 4.61. The van der Waals surface area contributed by atoms with Crippen LogP contribution in [0.2, 0.25) is 12.6 Å². The Morgan fingerprint density at radius 2 is 2.25 bits per heavy atom. The van der Waals surface area contributed by atoms with Crippen LogP contribution >= 0.6 is 11.6 Å². The van der Waals surface area contributed by atoms with Gasteiger partial charge in [-0.3, -0.25) is 0 Å². The van der Waals surface area contributed by atoms with Crippen molar-refractivity contribution < 1.29 is 4.80 Å². The Hall–Kier alpha value is 0.467. The van der Waals surface area contributed by atoms with Gasteiger partial charge in [0.05, 0.1) is 0 Å². The number of alkyl halides is 1. The van der Waals surface area contributed by atoms with Gasteiger partial charge >= 0.3 is 0 Å². The fourth-order valence-electron chi connectivity index (χ4n) is 0.559. The van der Waals surface area contributed by atoms with Crippen LogP contribution in [-0.2, 0) is 0 Å². The molecular weight excluding hydrogens is 140 g/mol. The van der Waals surface area contributed by atoms with Crippen molar-refractivity contribution in [3.8, 4) is 0 Å². The number of halogens is 1. The van der Waals surface area contributed by atoms with Crippen LogP contribution in [0.1, 0.15) is 6.92 Å². The summed E-state index contributed by atoms with van der Waals surface area (Å²) < 4.78 is 0. The standard InChI is InChI=1S/C5H12ClOSi/c1-5(3-6)4-8(2)7/h5,7H,3-4H2,1-2H3. The van der Waals surface area contributed by atoms with Gasteiger partial charge in [0.2, 0.25) is 9.04 Å². The van der Waals surface area contributed by atoms with Crippen molar-refractivity contribution in [2.24, 2.45) is 5.92 Å². The zero-order chi connectivity index (χ0) is 6.57. The van der Waals surface area contributed by atoms with E-state index in [1.54, 1.807) is 0 Å². The molecule has 49 valence electrons. The summed E-state index contributed by atoms with van der Waals surface area (Å²) in [6.45, 7) is 3.94. The fourth-order valence-corrected chi connectivity index (χ4v) is 2.00. The first kappa shape index (κ1) is 8.47. The summed E-state index contributed by atoms with van der Waals surface area (Å²) in [4.78, 5) is 8.90. The topological polar surface area (TPSA) is 20.2 Å². The highest BCUT2D eigenvalue weighted by Gasteiger charge is 2.05. The third kappa shape index (κ3) is 4.62. The van der Waals surface area contributed by atoms with Gasteiger partial charge in [0.1, 0.15) is 0 Å². The molecule has 0 amide bonds. The lowest BCUT2D eigenvalue weighted by Crippen LogP contribution is -2.11. The molecule has 0 aromatic carbocycles. The second-order valence-corrected chi connectivity index (χ2v) is 4.39. The second-order valence-electron chi connectivity index (χ2n) is 2.20. The lowest BCUT2D eigenvalue weighted by atomic mass is 10.3. The van der Waals surface area contributed by atoms with Crippen LogP contribution in [0.25, 0.3) is 0 Å². The molecule has 1 radical (unpaired) electrons. The van der Waals surface area contributed by atoms with Crippen LogP contribution in [0, 0.1) is 5.92 Å². The van der Waals surface area contributed by atoms with E-state index < -0.39 is 9.04 Å². The molecule has 1 unspecified atom stereocenters. The summed E-state index contributed by atoms with van der Waals surface area (Å²) in [7, 11) is -1.03. The Labute approximate surface area is 57.4 Å². The third-order valence-electron chi connectivity index (χ3n) is 0.907. The lowest BCUT2D eigenvalue weighted by molar-refractivity contribution is 0.556. The van der Waals surface area contributed by atoms with Crippen LogP contribution in [0.3, 0.4) is 0 Å². The van der Waals surface area contributed by atoms with E-state index >= 15 is 0 Å². The number of hydrogen-bond acceptors (Lipinski definition) is 1. The highest BCUT2D eigenvalue weighted by atomic mass is 35.5. The molecule has 0 aromatic heterocycles. The van der Waals surface area contributed by atoms with Gasteiger partial charge in [-0.2, -0.15) is 0 Å². The van der Waals surface area contributed by atoms with E-state index in [-0.39, 0.29) is 0 Å². The molecule has 0 saturated carbocycles. The summed E-state index contributed by atoms with van der Waals surface area (Å²) in [5.74, 6) is 1.16. The van der Waals surface area contributed by atoms with Gasteiger partial charge in [-0.25, -0.2) is 0 Å². The third-order valence-corrected chi connectivity index (χ3v) is 2.72. The van der Waals surface area contributed by atoms with Crippen LogP contribution in [-0.4, -0.2) is 19.7 Å². The zero-order valence-corrected chi connectivity index (χ0v) is 7.07. The maximum atomic E-state index is 8.90. The average Bonchev–Trinajstić information content (AvgIpc) is 1.65. The minimum Gasteiger partial charge on any atom is -0.432 e. The van der Waals surface area contributed by atoms with E-state index in [0.29, 0.717) is 11.8 Å². The van der Waals surface area contributed by atoms with E-state index in [9.17, 15) is 0 Å². The minimum absolute atomic E-state index is 0.487. The lowest BCUT2D eigenvalue weighted by Gasteiger charge is -2.05. The van der Waals surface area contributed by atoms with Gasteiger partial charge in [-0.05, 0) is 18.5 Å². The molecule has 0 spiro atoms. The van der Waals surface area contributed by atoms with Crippen molar-refractivity contribution in [3.05, 3.63) is 0 Å². The van der Waals surface area contributed by atoms with Crippen molar-refractivity contribution >= 4 is 20.6 Å². The Bertz CT molecular complexity index is 58.4. The van der Waals surface area contributed by atoms with Crippen LogP contribution in [0.4, 0.5) is 0 Å². The van der Waals surface area contributed by atoms with Crippen molar-refractivity contribution in [3.63, 3.8) is 0 Å². The predicted octanol–water partition coefficient (Wildman–Crippen LogP) is 1.47. The van der Waals surface area contributed by atoms with Gasteiger partial charge < -0.3 is 4.80 Å². The molecule has 0 aliphatic heterocycles. The summed E-state index contributed by atoms with van der Waals surface area (Å²) in [5, 5.41) is 0. The molecule has 1 N–H and O–H groups in total. The van der Waals surface area contributed by atoms with Crippen LogP contribution in [0.5, 0.6) is 0 Å². The van der Waals surface area contributed by atoms with Gasteiger partial charge in [0.25, 0.3) is 0 Å². The van der Waals surface area contributed by atoms with Crippen molar-refractivity contribution in [1.29, 1.82) is 0 Å². The van der Waals surface area contributed by atoms with Gasteiger partial charge in [0.15, 0.2) is 0 Å². The molecule has 0 fully saturated rings. The van der Waals surface area contributed by atoms with Crippen LogP contribution < -0.4 is 0 Å². The molecule has 0 bridgehead atoms. The first-order chi connectivity index (χ1) is 3.66. The highest BCUT2D eigenvalue weighted by Crippen LogP contribution is 2.05. The first-order valence-electron chi connectivity index (χ1n) is 2.74. The first-order valence-corrected chi connectivity index (χ1v) is 5.43. The molecule has 0 aromatic rings. The van der Waals surface area contributed by atoms with Crippen molar-refractivity contribution in [1.82, 2.24) is 0 Å². The van der Waals surface area contributed by atoms with E-state index in [2.05, 4.69) is 6.92 Å². The van der Waals surface area contributed by atoms with E-state index in [4.69, 9.17) is 16.4 Å². The van der Waals surface area contributed by atoms with Gasteiger partial charge in [-0.1, -0.05) is 6.92 Å². The second kappa shape index (κ2) is 4.36. The molecule has 3 heteroatoms. The average molecular weight is 152 g/mol. The molecule has 0 aliphatic carbocycles. The zero-order valence-electron chi connectivity index (χ0n) is 5.32.